The minimum absolute atomic E-state index is 0.0212. The van der Waals surface area contributed by atoms with Crippen LogP contribution in [0.25, 0.3) is 0 Å². The number of nitrogens with one attached hydrogen (secondary N) is 1. The van der Waals surface area contributed by atoms with E-state index in [0.717, 1.165) is 23.1 Å². The van der Waals surface area contributed by atoms with Gasteiger partial charge in [0, 0.05) is 12.1 Å². The Morgan fingerprint density at radius 3 is 2.38 bits per heavy atom. The largest absolute Gasteiger partial charge is 0.345 e. The third-order valence-corrected chi connectivity index (χ3v) is 7.07. The average Bonchev–Trinajstić information content (AvgIpc) is 3.18. The first-order valence-corrected chi connectivity index (χ1v) is 12.0. The number of benzene rings is 3. The van der Waals surface area contributed by atoms with Gasteiger partial charge in [0.15, 0.2) is 0 Å². The maximum Gasteiger partial charge on any atom is 0.251 e. The van der Waals surface area contributed by atoms with E-state index in [9.17, 15) is 9.59 Å². The third kappa shape index (κ3) is 5.05. The van der Waals surface area contributed by atoms with Gasteiger partial charge in [-0.2, -0.15) is 0 Å². The van der Waals surface area contributed by atoms with Crippen molar-refractivity contribution < 1.29 is 9.59 Å². The summed E-state index contributed by atoms with van der Waals surface area (Å²) in [5.74, 6) is 0.545. The molecule has 1 aliphatic rings. The van der Waals surface area contributed by atoms with Crippen molar-refractivity contribution in [3.05, 3.63) is 107 Å². The van der Waals surface area contributed by atoms with Crippen LogP contribution < -0.4 is 5.32 Å². The Hall–Kier alpha value is -3.05. The summed E-state index contributed by atoms with van der Waals surface area (Å²) >= 11 is 1.63. The van der Waals surface area contributed by atoms with E-state index in [1.54, 1.807) is 11.8 Å². The molecule has 4 rings (SSSR count). The average molecular weight is 445 g/mol. The van der Waals surface area contributed by atoms with Gasteiger partial charge in [-0.15, -0.1) is 11.8 Å². The van der Waals surface area contributed by atoms with Gasteiger partial charge in [-0.25, -0.2) is 0 Å². The van der Waals surface area contributed by atoms with Crippen molar-refractivity contribution in [3.8, 4) is 0 Å². The highest BCUT2D eigenvalue weighted by atomic mass is 32.2. The summed E-state index contributed by atoms with van der Waals surface area (Å²) in [7, 11) is 0. The van der Waals surface area contributed by atoms with Crippen molar-refractivity contribution in [1.29, 1.82) is 0 Å². The predicted molar refractivity (Wildman–Crippen MR) is 130 cm³/mol. The fourth-order valence-electron chi connectivity index (χ4n) is 3.94. The van der Waals surface area contributed by atoms with Gasteiger partial charge in [-0.05, 0) is 42.2 Å². The van der Waals surface area contributed by atoms with Crippen LogP contribution in [0.15, 0.2) is 78.9 Å². The van der Waals surface area contributed by atoms with E-state index in [1.165, 1.54) is 5.56 Å². The van der Waals surface area contributed by atoms with Crippen molar-refractivity contribution in [1.82, 2.24) is 10.2 Å². The van der Waals surface area contributed by atoms with Crippen molar-refractivity contribution in [2.24, 2.45) is 0 Å². The van der Waals surface area contributed by atoms with Crippen LogP contribution in [0, 0.1) is 6.92 Å². The second-order valence-corrected chi connectivity index (χ2v) is 9.21. The lowest BCUT2D eigenvalue weighted by Crippen LogP contribution is -2.28. The number of nitrogens with zero attached hydrogens (tertiary/aromatic N) is 1. The second-order valence-electron chi connectivity index (χ2n) is 8.14. The van der Waals surface area contributed by atoms with Crippen LogP contribution in [-0.2, 0) is 11.3 Å². The standard InChI is InChI=1S/C27H28N2O2S/c1-3-24(21-11-9-19(2)10-12-21)28-26(31)22-13-15-23(16-14-22)27-29(25(30)18-32-27)17-20-7-5-4-6-8-20/h4-16,24,27H,3,17-18H2,1-2H3,(H,28,31)/t24-,27+/m1/s1. The highest BCUT2D eigenvalue weighted by Gasteiger charge is 2.32. The molecule has 2 atom stereocenters. The van der Waals surface area contributed by atoms with E-state index in [2.05, 4.69) is 43.4 Å². The highest BCUT2D eigenvalue weighted by molar-refractivity contribution is 8.00. The van der Waals surface area contributed by atoms with E-state index >= 15 is 0 Å². The van der Waals surface area contributed by atoms with Gasteiger partial charge in [0.25, 0.3) is 5.91 Å². The molecule has 1 fully saturated rings. The van der Waals surface area contributed by atoms with Crippen molar-refractivity contribution in [3.63, 3.8) is 0 Å². The molecular weight excluding hydrogens is 416 g/mol. The number of carbonyl (C=O) groups excluding carboxylic acids is 2. The maximum atomic E-state index is 12.9. The molecule has 0 bridgehead atoms. The Morgan fingerprint density at radius 2 is 1.72 bits per heavy atom. The van der Waals surface area contributed by atoms with Crippen molar-refractivity contribution >= 4 is 23.6 Å². The second kappa shape index (κ2) is 10.0. The monoisotopic (exact) mass is 444 g/mol. The van der Waals surface area contributed by atoms with E-state index < -0.39 is 0 Å². The zero-order chi connectivity index (χ0) is 22.5. The minimum Gasteiger partial charge on any atom is -0.345 e. The number of amides is 2. The summed E-state index contributed by atoms with van der Waals surface area (Å²) in [6, 6.07) is 26.0. The molecule has 3 aromatic rings. The molecule has 0 unspecified atom stereocenters. The number of carbonyl (C=O) groups is 2. The molecule has 164 valence electrons. The molecule has 5 heteroatoms. The summed E-state index contributed by atoms with van der Waals surface area (Å²) in [5.41, 5.74) is 5.10. The van der Waals surface area contributed by atoms with Crippen LogP contribution in [0.5, 0.6) is 0 Å². The molecule has 1 aliphatic heterocycles. The molecule has 0 aromatic heterocycles. The van der Waals surface area contributed by atoms with Crippen LogP contribution in [0.4, 0.5) is 0 Å². The van der Waals surface area contributed by atoms with Gasteiger partial charge in [-0.3, -0.25) is 9.59 Å². The first kappa shape index (κ1) is 22.2. The van der Waals surface area contributed by atoms with Crippen LogP contribution in [0.2, 0.25) is 0 Å². The van der Waals surface area contributed by atoms with Crippen LogP contribution >= 0.6 is 11.8 Å². The molecule has 1 heterocycles. The van der Waals surface area contributed by atoms with Crippen LogP contribution in [0.1, 0.15) is 57.4 Å². The normalized spacial score (nSPS) is 16.8. The van der Waals surface area contributed by atoms with E-state index in [0.29, 0.717) is 17.9 Å². The fraction of sp³-hybridized carbons (Fsp3) is 0.259. The van der Waals surface area contributed by atoms with Gasteiger partial charge in [0.1, 0.15) is 5.37 Å². The highest BCUT2D eigenvalue weighted by Crippen LogP contribution is 2.39. The minimum atomic E-state index is -0.0831. The van der Waals surface area contributed by atoms with E-state index in [4.69, 9.17) is 0 Å². The van der Waals surface area contributed by atoms with Gasteiger partial charge in [0.2, 0.25) is 5.91 Å². The zero-order valence-corrected chi connectivity index (χ0v) is 19.3. The molecule has 0 saturated carbocycles. The molecule has 0 aliphatic carbocycles. The number of rotatable bonds is 7. The number of hydrogen-bond acceptors (Lipinski definition) is 3. The number of aryl methyl sites for hydroxylation is 1. The summed E-state index contributed by atoms with van der Waals surface area (Å²) in [4.78, 5) is 27.3. The lowest BCUT2D eigenvalue weighted by atomic mass is 10.0. The zero-order valence-electron chi connectivity index (χ0n) is 18.5. The number of thioether (sulfide) groups is 1. The number of hydrogen-bond donors (Lipinski definition) is 1. The quantitative estimate of drug-likeness (QED) is 0.512. The van der Waals surface area contributed by atoms with Gasteiger partial charge in [-0.1, -0.05) is 79.2 Å². The van der Waals surface area contributed by atoms with E-state index in [1.807, 2.05) is 59.5 Å². The third-order valence-electron chi connectivity index (χ3n) is 5.82. The Kier molecular flexibility index (Phi) is 6.96. The predicted octanol–water partition coefficient (Wildman–Crippen LogP) is 5.65. The van der Waals surface area contributed by atoms with Crippen molar-refractivity contribution in [2.45, 2.75) is 38.2 Å². The van der Waals surface area contributed by atoms with Crippen LogP contribution in [-0.4, -0.2) is 22.5 Å². The van der Waals surface area contributed by atoms with Gasteiger partial charge < -0.3 is 10.2 Å². The first-order chi connectivity index (χ1) is 15.5. The molecule has 0 spiro atoms. The molecule has 4 nitrogen and oxygen atoms in total. The lowest BCUT2D eigenvalue weighted by Gasteiger charge is -2.24. The summed E-state index contributed by atoms with van der Waals surface area (Å²) in [6.45, 7) is 4.72. The summed E-state index contributed by atoms with van der Waals surface area (Å²) in [5, 5.41) is 3.12. The smallest absolute Gasteiger partial charge is 0.251 e. The molecule has 3 aromatic carbocycles. The Balaban J connectivity index is 1.45. The Bertz CT molecular complexity index is 1070. The fourth-order valence-corrected chi connectivity index (χ4v) is 5.13. The Labute approximate surface area is 194 Å². The van der Waals surface area contributed by atoms with Gasteiger partial charge >= 0.3 is 0 Å². The SMILES string of the molecule is CC[C@@H](NC(=O)c1ccc([C@@H]2SCC(=O)N2Cc2ccccc2)cc1)c1ccc(C)cc1. The summed E-state index contributed by atoms with van der Waals surface area (Å²) < 4.78 is 0. The first-order valence-electron chi connectivity index (χ1n) is 11.0. The van der Waals surface area contributed by atoms with Crippen molar-refractivity contribution in [2.75, 3.05) is 5.75 Å². The molecular formula is C27H28N2O2S. The maximum absolute atomic E-state index is 12.9. The van der Waals surface area contributed by atoms with E-state index in [-0.39, 0.29) is 23.2 Å². The van der Waals surface area contributed by atoms with Gasteiger partial charge in [0.05, 0.1) is 11.8 Å². The molecule has 32 heavy (non-hydrogen) atoms. The molecule has 1 saturated heterocycles. The molecule has 0 radical (unpaired) electrons. The molecule has 1 N–H and O–H groups in total. The summed E-state index contributed by atoms with van der Waals surface area (Å²) in [6.07, 6.45) is 0.822. The topological polar surface area (TPSA) is 49.4 Å². The lowest BCUT2D eigenvalue weighted by molar-refractivity contribution is -0.128. The Morgan fingerprint density at radius 1 is 1.03 bits per heavy atom. The molecule has 2 amide bonds. The van der Waals surface area contributed by atoms with Crippen LogP contribution in [0.3, 0.4) is 0 Å².